The number of halogens is 4. The van der Waals surface area contributed by atoms with E-state index in [4.69, 9.17) is 44.6 Å². The fourth-order valence-electron chi connectivity index (χ4n) is 3.35. The van der Waals surface area contributed by atoms with Crippen molar-refractivity contribution in [1.82, 2.24) is 9.88 Å². The normalized spacial score (nSPS) is 10.9. The Morgan fingerprint density at radius 1 is 0.970 bits per heavy atom. The van der Waals surface area contributed by atoms with Crippen LogP contribution < -0.4 is 11.0 Å². The number of hydrogen-bond acceptors (Lipinski definition) is 3. The highest BCUT2D eigenvalue weighted by Crippen LogP contribution is 2.30. The predicted molar refractivity (Wildman–Crippen MR) is 126 cm³/mol. The molecule has 0 fully saturated rings. The Hall–Kier alpha value is -3.06. The van der Waals surface area contributed by atoms with E-state index in [-0.39, 0.29) is 23.2 Å². The van der Waals surface area contributed by atoms with Crippen molar-refractivity contribution >= 4 is 40.7 Å². The number of hydrogen-bond donors (Lipinski definition) is 2. The lowest BCUT2D eigenvalue weighted by Crippen LogP contribution is -2.23. The summed E-state index contributed by atoms with van der Waals surface area (Å²) in [6.45, 7) is 0.551. The molecule has 0 spiro atoms. The molecule has 1 aromatic heterocycles. The van der Waals surface area contributed by atoms with Crippen molar-refractivity contribution in [3.05, 3.63) is 110 Å². The highest BCUT2D eigenvalue weighted by Gasteiger charge is 2.13. The predicted octanol–water partition coefficient (Wildman–Crippen LogP) is 6.31. The van der Waals surface area contributed by atoms with Crippen LogP contribution in [0.25, 0.3) is 11.1 Å². The standard InChI is InChI=1S/C24H17Cl3FN3O2/c25-20-4-1-14(9-22(20)27)12-30-23(32)17-8-15(13-31-5-6-33-24(31)29)7-16(10-17)19-3-2-18(28)11-21(19)26/h1-11,29H,12-13H2,(H,30,32). The quantitative estimate of drug-likeness (QED) is 0.323. The van der Waals surface area contributed by atoms with Gasteiger partial charge in [0.05, 0.1) is 21.6 Å². The summed E-state index contributed by atoms with van der Waals surface area (Å²) in [6.07, 6.45) is 3.04. The average molecular weight is 505 g/mol. The van der Waals surface area contributed by atoms with Crippen molar-refractivity contribution in [2.24, 2.45) is 0 Å². The van der Waals surface area contributed by atoms with Gasteiger partial charge >= 0.3 is 0 Å². The second kappa shape index (κ2) is 9.83. The van der Waals surface area contributed by atoms with E-state index in [1.54, 1.807) is 47.2 Å². The topological polar surface area (TPSA) is 71.0 Å². The summed E-state index contributed by atoms with van der Waals surface area (Å²) in [5.41, 5.74) is 3.13. The molecule has 0 radical (unpaired) electrons. The third kappa shape index (κ3) is 5.47. The van der Waals surface area contributed by atoms with Crippen molar-refractivity contribution < 1.29 is 13.6 Å². The molecule has 1 amide bonds. The van der Waals surface area contributed by atoms with Crippen LogP contribution in [0.1, 0.15) is 21.5 Å². The van der Waals surface area contributed by atoms with E-state index >= 15 is 0 Å². The molecule has 4 aromatic rings. The van der Waals surface area contributed by atoms with Gasteiger partial charge in [-0.3, -0.25) is 14.8 Å². The van der Waals surface area contributed by atoms with Gasteiger partial charge in [-0.1, -0.05) is 40.9 Å². The van der Waals surface area contributed by atoms with Gasteiger partial charge in [0.25, 0.3) is 11.6 Å². The zero-order valence-electron chi connectivity index (χ0n) is 17.0. The number of aromatic nitrogens is 1. The van der Waals surface area contributed by atoms with Crippen molar-refractivity contribution in [2.45, 2.75) is 13.1 Å². The molecule has 5 nitrogen and oxygen atoms in total. The minimum atomic E-state index is -0.452. The van der Waals surface area contributed by atoms with E-state index < -0.39 is 5.82 Å². The van der Waals surface area contributed by atoms with E-state index in [1.807, 2.05) is 6.07 Å². The van der Waals surface area contributed by atoms with Crippen LogP contribution in [0.4, 0.5) is 4.39 Å². The molecule has 0 saturated carbocycles. The lowest BCUT2D eigenvalue weighted by atomic mass is 9.99. The van der Waals surface area contributed by atoms with Crippen LogP contribution in [0, 0.1) is 11.2 Å². The van der Waals surface area contributed by atoms with Gasteiger partial charge in [0.2, 0.25) is 0 Å². The van der Waals surface area contributed by atoms with Gasteiger partial charge in [0, 0.05) is 23.9 Å². The maximum Gasteiger partial charge on any atom is 0.293 e. The maximum atomic E-state index is 13.6. The first-order valence-corrected chi connectivity index (χ1v) is 10.9. The van der Waals surface area contributed by atoms with Crippen molar-refractivity contribution in [3.8, 4) is 11.1 Å². The third-order valence-electron chi connectivity index (χ3n) is 4.97. The Bertz CT molecular complexity index is 1400. The Morgan fingerprint density at radius 3 is 2.48 bits per heavy atom. The molecule has 33 heavy (non-hydrogen) atoms. The van der Waals surface area contributed by atoms with E-state index in [0.717, 1.165) is 11.1 Å². The molecule has 9 heteroatoms. The van der Waals surface area contributed by atoms with E-state index in [2.05, 4.69) is 5.32 Å². The minimum absolute atomic E-state index is 0.0224. The van der Waals surface area contributed by atoms with Gasteiger partial charge < -0.3 is 9.73 Å². The van der Waals surface area contributed by atoms with E-state index in [1.165, 1.54) is 18.4 Å². The summed E-state index contributed by atoms with van der Waals surface area (Å²) in [7, 11) is 0. The third-order valence-corrected chi connectivity index (χ3v) is 6.02. The fraction of sp³-hybridized carbons (Fsp3) is 0.0833. The lowest BCUT2D eigenvalue weighted by Gasteiger charge is -2.12. The Labute approximate surface area is 203 Å². The van der Waals surface area contributed by atoms with Crippen molar-refractivity contribution in [3.63, 3.8) is 0 Å². The second-order valence-electron chi connectivity index (χ2n) is 7.31. The molecule has 168 valence electrons. The van der Waals surface area contributed by atoms with Gasteiger partial charge in [0.1, 0.15) is 12.1 Å². The molecule has 3 aromatic carbocycles. The van der Waals surface area contributed by atoms with E-state index in [9.17, 15) is 9.18 Å². The Balaban J connectivity index is 1.67. The molecule has 0 aliphatic heterocycles. The number of oxazole rings is 1. The number of nitrogens with zero attached hydrogens (tertiary/aromatic N) is 1. The number of carbonyl (C=O) groups excluding carboxylic acids is 1. The first-order chi connectivity index (χ1) is 15.8. The van der Waals surface area contributed by atoms with Crippen LogP contribution in [-0.4, -0.2) is 10.5 Å². The first-order valence-electron chi connectivity index (χ1n) is 9.80. The first kappa shape index (κ1) is 23.1. The van der Waals surface area contributed by atoms with Crippen LogP contribution in [0.15, 0.2) is 71.5 Å². The monoisotopic (exact) mass is 503 g/mol. The lowest BCUT2D eigenvalue weighted by molar-refractivity contribution is 0.0951. The smallest absolute Gasteiger partial charge is 0.293 e. The molecule has 0 unspecified atom stereocenters. The second-order valence-corrected chi connectivity index (χ2v) is 8.53. The molecule has 0 atom stereocenters. The van der Waals surface area contributed by atoms with Crippen LogP contribution in [0.2, 0.25) is 15.1 Å². The zero-order valence-corrected chi connectivity index (χ0v) is 19.3. The highest BCUT2D eigenvalue weighted by atomic mass is 35.5. The van der Waals surface area contributed by atoms with Gasteiger partial charge in [-0.05, 0) is 65.2 Å². The van der Waals surface area contributed by atoms with E-state index in [0.29, 0.717) is 33.3 Å². The van der Waals surface area contributed by atoms with Crippen LogP contribution in [0.5, 0.6) is 0 Å². The summed E-state index contributed by atoms with van der Waals surface area (Å²) in [4.78, 5) is 13.0. The van der Waals surface area contributed by atoms with Crippen LogP contribution >= 0.6 is 34.8 Å². The summed E-state index contributed by atoms with van der Waals surface area (Å²) in [5.74, 6) is -0.766. The summed E-state index contributed by atoms with van der Waals surface area (Å²) < 4.78 is 20.2. The number of benzene rings is 3. The van der Waals surface area contributed by atoms with Gasteiger partial charge in [0.15, 0.2) is 0 Å². The Morgan fingerprint density at radius 2 is 1.79 bits per heavy atom. The average Bonchev–Trinajstić information content (AvgIpc) is 3.18. The van der Waals surface area contributed by atoms with Crippen molar-refractivity contribution in [2.75, 3.05) is 0 Å². The molecule has 1 heterocycles. The van der Waals surface area contributed by atoms with Crippen LogP contribution in [-0.2, 0) is 13.1 Å². The number of nitrogens with one attached hydrogen (secondary N) is 2. The fourth-order valence-corrected chi connectivity index (χ4v) is 3.95. The largest absolute Gasteiger partial charge is 0.432 e. The molecular formula is C24H17Cl3FN3O2. The molecule has 0 bridgehead atoms. The van der Waals surface area contributed by atoms with Gasteiger partial charge in [-0.2, -0.15) is 0 Å². The SMILES string of the molecule is N=c1occn1Cc1cc(C(=O)NCc2ccc(Cl)c(Cl)c2)cc(-c2ccc(F)cc2Cl)c1. The molecule has 0 aliphatic carbocycles. The zero-order chi connectivity index (χ0) is 23.5. The summed E-state index contributed by atoms with van der Waals surface area (Å²) >= 11 is 18.3. The summed E-state index contributed by atoms with van der Waals surface area (Å²) in [6, 6.07) is 14.5. The molecule has 0 saturated heterocycles. The maximum absolute atomic E-state index is 13.6. The van der Waals surface area contributed by atoms with Crippen LogP contribution in [0.3, 0.4) is 0 Å². The number of carbonyl (C=O) groups is 1. The molecule has 0 aliphatic rings. The Kier molecular flexibility index (Phi) is 6.88. The van der Waals surface area contributed by atoms with Gasteiger partial charge in [-0.15, -0.1) is 0 Å². The van der Waals surface area contributed by atoms with Gasteiger partial charge in [-0.25, -0.2) is 4.39 Å². The number of rotatable bonds is 6. The summed E-state index contributed by atoms with van der Waals surface area (Å²) in [5, 5.41) is 11.8. The highest BCUT2D eigenvalue weighted by molar-refractivity contribution is 6.42. The van der Waals surface area contributed by atoms with Crippen molar-refractivity contribution in [1.29, 1.82) is 5.41 Å². The molecular weight excluding hydrogens is 488 g/mol. The minimum Gasteiger partial charge on any atom is -0.432 e. The molecule has 4 rings (SSSR count). The molecule has 2 N–H and O–H groups in total. The number of amides is 1.